The van der Waals surface area contributed by atoms with Crippen LogP contribution in [0, 0.1) is 11.3 Å². The summed E-state index contributed by atoms with van der Waals surface area (Å²) in [6, 6.07) is 20.0. The van der Waals surface area contributed by atoms with E-state index in [1.54, 1.807) is 60.7 Å². The predicted octanol–water partition coefficient (Wildman–Crippen LogP) is 5.96. The fourth-order valence-corrected chi connectivity index (χ4v) is 3.25. The molecule has 0 radical (unpaired) electrons. The highest BCUT2D eigenvalue weighted by Gasteiger charge is 2.13. The Morgan fingerprint density at radius 3 is 2.20 bits per heavy atom. The quantitative estimate of drug-likeness (QED) is 0.274. The van der Waals surface area contributed by atoms with Crippen molar-refractivity contribution in [3.05, 3.63) is 87.9 Å². The summed E-state index contributed by atoms with van der Waals surface area (Å²) in [6.45, 7) is 2.10. The zero-order valence-corrected chi connectivity index (χ0v) is 20.2. The van der Waals surface area contributed by atoms with Gasteiger partial charge in [-0.15, -0.1) is 0 Å². The fraction of sp³-hybridized carbons (Fsp3) is 0.115. The Labute approximate surface area is 212 Å². The van der Waals surface area contributed by atoms with Gasteiger partial charge < -0.3 is 20.1 Å². The van der Waals surface area contributed by atoms with Crippen LogP contribution in [0.3, 0.4) is 0 Å². The number of halogens is 2. The van der Waals surface area contributed by atoms with Crippen molar-refractivity contribution in [2.24, 2.45) is 0 Å². The smallest absolute Gasteiger partial charge is 0.266 e. The summed E-state index contributed by atoms with van der Waals surface area (Å²) in [6.07, 6.45) is 1.35. The molecular weight excluding hydrogens is 489 g/mol. The number of benzene rings is 3. The minimum absolute atomic E-state index is 0.170. The number of carbonyl (C=O) groups is 2. The number of nitrogens with one attached hydrogen (secondary N) is 2. The van der Waals surface area contributed by atoms with Gasteiger partial charge >= 0.3 is 0 Å². The molecule has 0 saturated heterocycles. The Bertz CT molecular complexity index is 1270. The standard InChI is InChI=1S/C26H21Cl2N3O4/c1-2-34-23-10-8-22(9-11-23)31-26(33)18(15-29)13-17-14-20(28)5-12-24(17)35-16-25(32)30-21-6-3-19(27)4-7-21/h3-14H,2,16H2,1H3,(H,30,32)(H,31,33)/b18-13+. The zero-order chi connectivity index (χ0) is 25.2. The number of hydrogen-bond acceptors (Lipinski definition) is 5. The van der Waals surface area contributed by atoms with Gasteiger partial charge in [0.2, 0.25) is 0 Å². The van der Waals surface area contributed by atoms with E-state index >= 15 is 0 Å². The maximum Gasteiger partial charge on any atom is 0.266 e. The molecule has 0 aliphatic carbocycles. The largest absolute Gasteiger partial charge is 0.494 e. The Morgan fingerprint density at radius 1 is 0.914 bits per heavy atom. The lowest BCUT2D eigenvalue weighted by molar-refractivity contribution is -0.118. The third-order valence-corrected chi connectivity index (χ3v) is 5.03. The van der Waals surface area contributed by atoms with Gasteiger partial charge in [0.15, 0.2) is 6.61 Å². The van der Waals surface area contributed by atoms with Crippen LogP contribution in [0.2, 0.25) is 10.0 Å². The summed E-state index contributed by atoms with van der Waals surface area (Å²) in [4.78, 5) is 24.9. The molecule has 0 aliphatic rings. The maximum absolute atomic E-state index is 12.7. The summed E-state index contributed by atoms with van der Waals surface area (Å²) >= 11 is 12.0. The first-order valence-electron chi connectivity index (χ1n) is 10.5. The molecule has 9 heteroatoms. The summed E-state index contributed by atoms with van der Waals surface area (Å²) in [5.74, 6) is -0.0568. The minimum atomic E-state index is -0.608. The minimum Gasteiger partial charge on any atom is -0.494 e. The average molecular weight is 510 g/mol. The molecule has 0 aromatic heterocycles. The highest BCUT2D eigenvalue weighted by atomic mass is 35.5. The molecule has 178 valence electrons. The van der Waals surface area contributed by atoms with Crippen LogP contribution < -0.4 is 20.1 Å². The topological polar surface area (TPSA) is 100 Å². The molecule has 0 heterocycles. The molecule has 7 nitrogen and oxygen atoms in total. The number of rotatable bonds is 9. The van der Waals surface area contributed by atoms with Gasteiger partial charge in [-0.3, -0.25) is 9.59 Å². The molecule has 35 heavy (non-hydrogen) atoms. The molecule has 0 unspecified atom stereocenters. The van der Waals surface area contributed by atoms with Gasteiger partial charge in [0, 0.05) is 27.0 Å². The SMILES string of the molecule is CCOc1ccc(NC(=O)/C(C#N)=C/c2cc(Cl)ccc2OCC(=O)Nc2ccc(Cl)cc2)cc1. The molecule has 0 bridgehead atoms. The highest BCUT2D eigenvalue weighted by Crippen LogP contribution is 2.26. The maximum atomic E-state index is 12.7. The van der Waals surface area contributed by atoms with Crippen molar-refractivity contribution in [1.29, 1.82) is 5.26 Å². The second kappa shape index (κ2) is 12.5. The van der Waals surface area contributed by atoms with E-state index in [-0.39, 0.29) is 17.9 Å². The Kier molecular flexibility index (Phi) is 9.13. The van der Waals surface area contributed by atoms with Crippen LogP contribution in [0.1, 0.15) is 12.5 Å². The summed E-state index contributed by atoms with van der Waals surface area (Å²) in [7, 11) is 0. The van der Waals surface area contributed by atoms with E-state index in [4.69, 9.17) is 32.7 Å². The summed E-state index contributed by atoms with van der Waals surface area (Å²) < 4.78 is 11.0. The van der Waals surface area contributed by atoms with E-state index in [0.717, 1.165) is 0 Å². The van der Waals surface area contributed by atoms with Crippen molar-refractivity contribution in [3.8, 4) is 17.6 Å². The molecule has 0 aliphatic heterocycles. The monoisotopic (exact) mass is 509 g/mol. The molecule has 0 saturated carbocycles. The summed E-state index contributed by atoms with van der Waals surface area (Å²) in [5.41, 5.74) is 1.27. The van der Waals surface area contributed by atoms with Crippen molar-refractivity contribution < 1.29 is 19.1 Å². The van der Waals surface area contributed by atoms with Gasteiger partial charge in [-0.1, -0.05) is 23.2 Å². The Balaban J connectivity index is 1.71. The van der Waals surface area contributed by atoms with Crippen LogP contribution in [0.5, 0.6) is 11.5 Å². The molecule has 0 fully saturated rings. The average Bonchev–Trinajstić information content (AvgIpc) is 2.84. The molecule has 2 amide bonds. The first-order chi connectivity index (χ1) is 16.9. The van der Waals surface area contributed by atoms with E-state index in [0.29, 0.717) is 39.3 Å². The van der Waals surface area contributed by atoms with Crippen LogP contribution in [-0.4, -0.2) is 25.0 Å². The zero-order valence-electron chi connectivity index (χ0n) is 18.7. The molecule has 3 aromatic rings. The number of nitrogens with zero attached hydrogens (tertiary/aromatic N) is 1. The van der Waals surface area contributed by atoms with Gasteiger partial charge in [-0.05, 0) is 79.7 Å². The first-order valence-corrected chi connectivity index (χ1v) is 11.3. The van der Waals surface area contributed by atoms with E-state index in [9.17, 15) is 14.9 Å². The van der Waals surface area contributed by atoms with Crippen molar-refractivity contribution in [2.75, 3.05) is 23.8 Å². The third kappa shape index (κ3) is 7.78. The van der Waals surface area contributed by atoms with Gasteiger partial charge in [0.05, 0.1) is 6.61 Å². The van der Waals surface area contributed by atoms with Crippen LogP contribution in [-0.2, 0) is 9.59 Å². The number of nitriles is 1. The normalized spacial score (nSPS) is 10.7. The Morgan fingerprint density at radius 2 is 1.54 bits per heavy atom. The van der Waals surface area contributed by atoms with Crippen LogP contribution >= 0.6 is 23.2 Å². The number of anilines is 2. The van der Waals surface area contributed by atoms with Crippen molar-refractivity contribution in [2.45, 2.75) is 6.92 Å². The summed E-state index contributed by atoms with van der Waals surface area (Å²) in [5, 5.41) is 15.8. The van der Waals surface area contributed by atoms with Crippen molar-refractivity contribution in [1.82, 2.24) is 0 Å². The molecule has 0 spiro atoms. The third-order valence-electron chi connectivity index (χ3n) is 4.55. The lowest BCUT2D eigenvalue weighted by atomic mass is 10.1. The molecular formula is C26H21Cl2N3O4. The molecule has 2 N–H and O–H groups in total. The predicted molar refractivity (Wildman–Crippen MR) is 137 cm³/mol. The van der Waals surface area contributed by atoms with E-state index in [1.165, 1.54) is 12.1 Å². The molecule has 3 aromatic carbocycles. The first kappa shape index (κ1) is 25.6. The molecule has 3 rings (SSSR count). The van der Waals surface area contributed by atoms with E-state index in [2.05, 4.69) is 10.6 Å². The fourth-order valence-electron chi connectivity index (χ4n) is 2.94. The lowest BCUT2D eigenvalue weighted by Gasteiger charge is -2.11. The van der Waals surface area contributed by atoms with Gasteiger partial charge in [-0.2, -0.15) is 5.26 Å². The molecule has 0 atom stereocenters. The Hall–Kier alpha value is -3.99. The van der Waals surface area contributed by atoms with Crippen molar-refractivity contribution in [3.63, 3.8) is 0 Å². The van der Waals surface area contributed by atoms with Crippen LogP contribution in [0.4, 0.5) is 11.4 Å². The van der Waals surface area contributed by atoms with Gasteiger partial charge in [-0.25, -0.2) is 0 Å². The van der Waals surface area contributed by atoms with E-state index in [1.807, 2.05) is 13.0 Å². The number of carbonyl (C=O) groups excluding carboxylic acids is 2. The van der Waals surface area contributed by atoms with Crippen LogP contribution in [0.15, 0.2) is 72.3 Å². The van der Waals surface area contributed by atoms with Crippen LogP contribution in [0.25, 0.3) is 6.08 Å². The van der Waals surface area contributed by atoms with E-state index < -0.39 is 11.8 Å². The lowest BCUT2D eigenvalue weighted by Crippen LogP contribution is -2.20. The second-order valence-corrected chi connectivity index (χ2v) is 7.98. The highest BCUT2D eigenvalue weighted by molar-refractivity contribution is 6.31. The van der Waals surface area contributed by atoms with Gasteiger partial charge in [0.25, 0.3) is 11.8 Å². The van der Waals surface area contributed by atoms with Crippen molar-refractivity contribution >= 4 is 52.5 Å². The number of ether oxygens (including phenoxy) is 2. The van der Waals surface area contributed by atoms with Gasteiger partial charge in [0.1, 0.15) is 23.1 Å². The second-order valence-electron chi connectivity index (χ2n) is 7.11. The number of hydrogen-bond donors (Lipinski definition) is 2. The number of amides is 2.